The Hall–Kier alpha value is -0.280. The molecule has 2 N–H and O–H groups in total. The molecule has 106 valence electrons. The Kier molecular flexibility index (Phi) is 5.93. The summed E-state index contributed by atoms with van der Waals surface area (Å²) in [6.07, 6.45) is 9.78. The van der Waals surface area contributed by atoms with Gasteiger partial charge in [-0.2, -0.15) is 0 Å². The smallest absolute Gasteiger partial charge is 0.224 e. The maximum absolute atomic E-state index is 12.1. The summed E-state index contributed by atoms with van der Waals surface area (Å²) in [5.74, 6) is 0.268. The summed E-state index contributed by atoms with van der Waals surface area (Å²) < 4.78 is 0. The first-order chi connectivity index (χ1) is 8.11. The third kappa shape index (κ3) is 3.86. The molecule has 18 heavy (non-hydrogen) atoms. The van der Waals surface area contributed by atoms with Gasteiger partial charge < -0.3 is 10.6 Å². The van der Waals surface area contributed by atoms with Gasteiger partial charge in [-0.3, -0.25) is 4.79 Å². The van der Waals surface area contributed by atoms with Gasteiger partial charge in [-0.05, 0) is 38.0 Å². The van der Waals surface area contributed by atoms with Gasteiger partial charge in [-0.15, -0.1) is 12.4 Å². The van der Waals surface area contributed by atoms with Crippen molar-refractivity contribution in [3.63, 3.8) is 0 Å². The van der Waals surface area contributed by atoms with Gasteiger partial charge >= 0.3 is 0 Å². The number of hydrogen-bond acceptors (Lipinski definition) is 2. The van der Waals surface area contributed by atoms with Crippen molar-refractivity contribution in [1.29, 1.82) is 0 Å². The van der Waals surface area contributed by atoms with Crippen molar-refractivity contribution in [2.24, 2.45) is 11.1 Å². The second-order valence-electron chi connectivity index (χ2n) is 6.16. The van der Waals surface area contributed by atoms with E-state index in [4.69, 9.17) is 5.73 Å². The zero-order chi connectivity index (χ0) is 12.3. The van der Waals surface area contributed by atoms with Crippen molar-refractivity contribution >= 4 is 18.3 Å². The predicted octanol–water partition coefficient (Wildman–Crippen LogP) is 2.72. The Morgan fingerprint density at radius 3 is 2.44 bits per heavy atom. The van der Waals surface area contributed by atoms with Crippen LogP contribution in [-0.4, -0.2) is 29.9 Å². The molecule has 0 aromatic carbocycles. The lowest BCUT2D eigenvalue weighted by molar-refractivity contribution is -0.135. The van der Waals surface area contributed by atoms with E-state index in [-0.39, 0.29) is 24.4 Å². The highest BCUT2D eigenvalue weighted by molar-refractivity contribution is 5.85. The third-order valence-electron chi connectivity index (χ3n) is 4.42. The van der Waals surface area contributed by atoms with Crippen molar-refractivity contribution in [1.82, 2.24) is 4.90 Å². The zero-order valence-corrected chi connectivity index (χ0v) is 12.3. The first-order valence-corrected chi connectivity index (χ1v) is 7.15. The second-order valence-corrected chi connectivity index (χ2v) is 6.16. The lowest BCUT2D eigenvalue weighted by Gasteiger charge is -2.45. The predicted molar refractivity (Wildman–Crippen MR) is 76.8 cm³/mol. The average Bonchev–Trinajstić information content (AvgIpc) is 2.29. The Bertz CT molecular complexity index is 269. The first kappa shape index (κ1) is 15.8. The number of carbonyl (C=O) groups excluding carboxylic acids is 1. The summed E-state index contributed by atoms with van der Waals surface area (Å²) in [5.41, 5.74) is 6.18. The first-order valence-electron chi connectivity index (χ1n) is 7.15. The van der Waals surface area contributed by atoms with E-state index in [0.717, 1.165) is 13.1 Å². The molecule has 0 radical (unpaired) electrons. The van der Waals surface area contributed by atoms with Gasteiger partial charge in [0, 0.05) is 25.6 Å². The molecule has 2 fully saturated rings. The molecule has 1 saturated heterocycles. The summed E-state index contributed by atoms with van der Waals surface area (Å²) in [6.45, 7) is 3.87. The molecular weight excluding hydrogens is 248 g/mol. The fourth-order valence-electron chi connectivity index (χ4n) is 3.54. The van der Waals surface area contributed by atoms with E-state index < -0.39 is 0 Å². The van der Waals surface area contributed by atoms with Crippen molar-refractivity contribution < 1.29 is 4.79 Å². The fourth-order valence-corrected chi connectivity index (χ4v) is 3.54. The highest BCUT2D eigenvalue weighted by atomic mass is 35.5. The van der Waals surface area contributed by atoms with Gasteiger partial charge in [0.15, 0.2) is 0 Å². The highest BCUT2D eigenvalue weighted by Crippen LogP contribution is 2.43. The molecule has 2 rings (SSSR count). The maximum Gasteiger partial charge on any atom is 0.224 e. The van der Waals surface area contributed by atoms with E-state index in [1.165, 1.54) is 44.9 Å². The summed E-state index contributed by atoms with van der Waals surface area (Å²) >= 11 is 0. The van der Waals surface area contributed by atoms with Crippen molar-refractivity contribution in [2.75, 3.05) is 13.1 Å². The lowest BCUT2D eigenvalue weighted by Crippen LogP contribution is -2.47. The maximum atomic E-state index is 12.1. The summed E-state index contributed by atoms with van der Waals surface area (Å²) in [7, 11) is 0. The average molecular weight is 275 g/mol. The van der Waals surface area contributed by atoms with E-state index in [9.17, 15) is 4.79 Å². The van der Waals surface area contributed by atoms with E-state index in [1.807, 2.05) is 6.92 Å². The normalized spacial score (nSPS) is 24.4. The van der Waals surface area contributed by atoms with Crippen molar-refractivity contribution in [2.45, 2.75) is 64.3 Å². The minimum absolute atomic E-state index is 0. The molecule has 4 heteroatoms. The summed E-state index contributed by atoms with van der Waals surface area (Å²) in [6, 6.07) is -0.00766. The molecular formula is C14H27ClN2O. The minimum atomic E-state index is -0.00766. The molecule has 1 aliphatic carbocycles. The molecule has 1 unspecified atom stereocenters. The number of piperidine rings is 1. The van der Waals surface area contributed by atoms with Crippen LogP contribution in [0.2, 0.25) is 0 Å². The molecule has 0 aromatic heterocycles. The van der Waals surface area contributed by atoms with Crippen LogP contribution >= 0.6 is 12.4 Å². The highest BCUT2D eigenvalue weighted by Gasteiger charge is 2.37. The Balaban J connectivity index is 0.00000162. The van der Waals surface area contributed by atoms with Gasteiger partial charge in [0.2, 0.25) is 5.91 Å². The zero-order valence-electron chi connectivity index (χ0n) is 11.5. The largest absolute Gasteiger partial charge is 0.342 e. The fraction of sp³-hybridized carbons (Fsp3) is 0.929. The molecule has 3 nitrogen and oxygen atoms in total. The van der Waals surface area contributed by atoms with Crippen LogP contribution in [0.5, 0.6) is 0 Å². The topological polar surface area (TPSA) is 46.3 Å². The lowest BCUT2D eigenvalue weighted by atomic mass is 9.69. The van der Waals surface area contributed by atoms with Gasteiger partial charge in [-0.1, -0.05) is 19.3 Å². The molecule has 1 amide bonds. The van der Waals surface area contributed by atoms with E-state index in [2.05, 4.69) is 4.90 Å². The van der Waals surface area contributed by atoms with Crippen LogP contribution < -0.4 is 5.73 Å². The summed E-state index contributed by atoms with van der Waals surface area (Å²) in [4.78, 5) is 14.2. The minimum Gasteiger partial charge on any atom is -0.342 e. The quantitative estimate of drug-likeness (QED) is 0.842. The van der Waals surface area contributed by atoms with E-state index in [1.54, 1.807) is 0 Å². The third-order valence-corrected chi connectivity index (χ3v) is 4.42. The molecule has 1 saturated carbocycles. The van der Waals surface area contributed by atoms with Crippen LogP contribution in [0.3, 0.4) is 0 Å². The van der Waals surface area contributed by atoms with Crippen LogP contribution in [-0.2, 0) is 4.79 Å². The number of likely N-dealkylation sites (tertiary alicyclic amines) is 1. The molecule has 1 aliphatic heterocycles. The second kappa shape index (κ2) is 6.76. The summed E-state index contributed by atoms with van der Waals surface area (Å²) in [5, 5.41) is 0. The Morgan fingerprint density at radius 2 is 1.83 bits per heavy atom. The van der Waals surface area contributed by atoms with Gasteiger partial charge in [-0.25, -0.2) is 0 Å². The van der Waals surface area contributed by atoms with E-state index in [0.29, 0.717) is 11.8 Å². The molecule has 2 aliphatic rings. The van der Waals surface area contributed by atoms with Crippen LogP contribution in [0.15, 0.2) is 0 Å². The molecule has 1 spiro atoms. The van der Waals surface area contributed by atoms with Crippen LogP contribution in [0.25, 0.3) is 0 Å². The number of amides is 1. The number of nitrogens with zero attached hydrogens (tertiary/aromatic N) is 1. The molecule has 0 bridgehead atoms. The van der Waals surface area contributed by atoms with Crippen LogP contribution in [0.4, 0.5) is 0 Å². The Labute approximate surface area is 117 Å². The van der Waals surface area contributed by atoms with E-state index >= 15 is 0 Å². The number of rotatable bonds is 2. The standard InChI is InChI=1S/C14H26N2O.ClH/c1-12(15)10-13(17)16-9-5-8-14(11-16)6-3-2-4-7-14;/h12H,2-11,15H2,1H3;1H. The monoisotopic (exact) mass is 274 g/mol. The van der Waals surface area contributed by atoms with Crippen molar-refractivity contribution in [3.8, 4) is 0 Å². The number of hydrogen-bond donors (Lipinski definition) is 1. The molecule has 1 atom stereocenters. The van der Waals surface area contributed by atoms with Crippen molar-refractivity contribution in [3.05, 3.63) is 0 Å². The molecule has 0 aromatic rings. The number of halogens is 1. The van der Waals surface area contributed by atoms with Gasteiger partial charge in [0.25, 0.3) is 0 Å². The van der Waals surface area contributed by atoms with Gasteiger partial charge in [0.05, 0.1) is 0 Å². The Morgan fingerprint density at radius 1 is 1.22 bits per heavy atom. The molecule has 1 heterocycles. The van der Waals surface area contributed by atoms with Gasteiger partial charge in [0.1, 0.15) is 0 Å². The van der Waals surface area contributed by atoms with Crippen LogP contribution in [0.1, 0.15) is 58.3 Å². The van der Waals surface area contributed by atoms with Crippen LogP contribution in [0, 0.1) is 5.41 Å². The number of nitrogens with two attached hydrogens (primary N) is 1. The number of carbonyl (C=O) groups is 1. The SMILES string of the molecule is CC(N)CC(=O)N1CCCC2(CCCCC2)C1.Cl.